The number of nitrogens with zero attached hydrogens (tertiary/aromatic N) is 1. The molecule has 1 amide bonds. The maximum Gasteiger partial charge on any atom is 0.410 e. The van der Waals surface area contributed by atoms with Crippen molar-refractivity contribution in [2.45, 2.75) is 39.2 Å². The van der Waals surface area contributed by atoms with Gasteiger partial charge in [0.05, 0.1) is 5.76 Å². The van der Waals surface area contributed by atoms with Gasteiger partial charge in [0.1, 0.15) is 5.60 Å². The molecular weight excluding hydrogens is 218 g/mol. The smallest absolute Gasteiger partial charge is 0.410 e. The van der Waals surface area contributed by atoms with Gasteiger partial charge in [0.2, 0.25) is 0 Å². The van der Waals surface area contributed by atoms with Crippen LogP contribution in [0, 0.1) is 0 Å². The quantitative estimate of drug-likeness (QED) is 0.573. The van der Waals surface area contributed by atoms with Gasteiger partial charge < -0.3 is 14.7 Å². The van der Waals surface area contributed by atoms with E-state index in [9.17, 15) is 4.79 Å². The molecule has 0 aliphatic rings. The number of aliphatic hydroxyl groups excluding tert-OH is 1. The van der Waals surface area contributed by atoms with E-state index in [-0.39, 0.29) is 11.9 Å². The Bertz CT molecular complexity index is 279. The van der Waals surface area contributed by atoms with E-state index >= 15 is 0 Å². The summed E-state index contributed by atoms with van der Waals surface area (Å²) in [6, 6.07) is 0. The van der Waals surface area contributed by atoms with E-state index in [1.54, 1.807) is 11.0 Å². The Morgan fingerprint density at radius 3 is 2.47 bits per heavy atom. The fourth-order valence-corrected chi connectivity index (χ4v) is 1.21. The molecule has 4 heteroatoms. The van der Waals surface area contributed by atoms with Crippen LogP contribution in [0.2, 0.25) is 0 Å². The molecule has 4 nitrogen and oxygen atoms in total. The van der Waals surface area contributed by atoms with Crippen molar-refractivity contribution in [1.29, 1.82) is 0 Å². The van der Waals surface area contributed by atoms with Gasteiger partial charge in [-0.25, -0.2) is 4.79 Å². The highest BCUT2D eigenvalue weighted by Gasteiger charge is 2.20. The minimum atomic E-state index is -0.503. The number of hydrogen-bond acceptors (Lipinski definition) is 3. The molecule has 0 bridgehead atoms. The number of carbonyl (C=O) groups excluding carboxylic acids is 1. The first-order chi connectivity index (χ1) is 7.76. The van der Waals surface area contributed by atoms with Gasteiger partial charge >= 0.3 is 6.09 Å². The molecule has 0 aromatic carbocycles. The highest BCUT2D eigenvalue weighted by Crippen LogP contribution is 2.11. The van der Waals surface area contributed by atoms with E-state index in [1.807, 2.05) is 20.8 Å². The number of aliphatic hydroxyl groups is 1. The molecule has 0 atom stereocenters. The fraction of sp³-hybridized carbons (Fsp3) is 0.615. The van der Waals surface area contributed by atoms with Crippen LogP contribution in [0.25, 0.3) is 0 Å². The molecule has 0 aliphatic heterocycles. The highest BCUT2D eigenvalue weighted by molar-refractivity contribution is 5.68. The standard InChI is InChI=1S/C13H23NO3/c1-6-9-14(10-7-8-11(2)15)12(16)17-13(3,4)5/h6,15H,1-2,7-10H2,3-5H3. The van der Waals surface area contributed by atoms with Gasteiger partial charge in [-0.1, -0.05) is 12.7 Å². The zero-order valence-electron chi connectivity index (χ0n) is 11.0. The summed E-state index contributed by atoms with van der Waals surface area (Å²) in [6.07, 6.45) is 2.43. The molecule has 0 aromatic rings. The number of carbonyl (C=O) groups is 1. The topological polar surface area (TPSA) is 49.8 Å². The molecule has 98 valence electrons. The van der Waals surface area contributed by atoms with Crippen LogP contribution >= 0.6 is 0 Å². The summed E-state index contributed by atoms with van der Waals surface area (Å²) >= 11 is 0. The number of rotatable bonds is 6. The van der Waals surface area contributed by atoms with Crippen LogP contribution in [-0.4, -0.2) is 34.8 Å². The number of hydrogen-bond donors (Lipinski definition) is 1. The second kappa shape index (κ2) is 6.99. The number of ether oxygens (including phenoxy) is 1. The van der Waals surface area contributed by atoms with Crippen molar-refractivity contribution >= 4 is 6.09 Å². The zero-order valence-corrected chi connectivity index (χ0v) is 11.0. The van der Waals surface area contributed by atoms with Gasteiger partial charge in [-0.15, -0.1) is 6.58 Å². The van der Waals surface area contributed by atoms with Crippen molar-refractivity contribution in [3.8, 4) is 0 Å². The molecule has 0 saturated carbocycles. The summed E-state index contributed by atoms with van der Waals surface area (Å²) < 4.78 is 5.26. The Labute approximate surface area is 104 Å². The van der Waals surface area contributed by atoms with Crippen molar-refractivity contribution in [2.24, 2.45) is 0 Å². The summed E-state index contributed by atoms with van der Waals surface area (Å²) in [5.74, 6) is 0.132. The van der Waals surface area contributed by atoms with Crippen molar-refractivity contribution in [2.75, 3.05) is 13.1 Å². The van der Waals surface area contributed by atoms with E-state index in [4.69, 9.17) is 9.84 Å². The van der Waals surface area contributed by atoms with Crippen molar-refractivity contribution in [3.63, 3.8) is 0 Å². The summed E-state index contributed by atoms with van der Waals surface area (Å²) in [5, 5.41) is 8.97. The molecule has 0 aliphatic carbocycles. The molecule has 0 spiro atoms. The third-order valence-electron chi connectivity index (χ3n) is 1.89. The average molecular weight is 241 g/mol. The van der Waals surface area contributed by atoms with Crippen LogP contribution in [0.4, 0.5) is 4.79 Å². The Balaban J connectivity index is 4.25. The van der Waals surface area contributed by atoms with Gasteiger partial charge in [-0.3, -0.25) is 0 Å². The Kier molecular flexibility index (Phi) is 6.39. The molecule has 0 aromatic heterocycles. The molecule has 0 rings (SSSR count). The lowest BCUT2D eigenvalue weighted by Gasteiger charge is -2.26. The summed E-state index contributed by atoms with van der Waals surface area (Å²) in [6.45, 7) is 13.4. The van der Waals surface area contributed by atoms with Gasteiger partial charge in [-0.2, -0.15) is 0 Å². The number of allylic oxidation sites excluding steroid dienone is 1. The Hall–Kier alpha value is -1.45. The third-order valence-corrected chi connectivity index (χ3v) is 1.89. The second-order valence-corrected chi connectivity index (χ2v) is 4.88. The molecule has 0 radical (unpaired) electrons. The first kappa shape index (κ1) is 15.6. The molecule has 0 heterocycles. The maximum atomic E-state index is 11.8. The molecule has 0 fully saturated rings. The lowest BCUT2D eigenvalue weighted by Crippen LogP contribution is -2.37. The first-order valence-corrected chi connectivity index (χ1v) is 5.72. The van der Waals surface area contributed by atoms with Crippen LogP contribution in [-0.2, 0) is 4.74 Å². The van der Waals surface area contributed by atoms with E-state index < -0.39 is 5.60 Å². The zero-order chi connectivity index (χ0) is 13.5. The third kappa shape index (κ3) is 8.37. The molecule has 0 saturated heterocycles. The Morgan fingerprint density at radius 1 is 1.47 bits per heavy atom. The van der Waals surface area contributed by atoms with Gasteiger partial charge in [0.25, 0.3) is 0 Å². The van der Waals surface area contributed by atoms with E-state index in [0.717, 1.165) is 0 Å². The van der Waals surface area contributed by atoms with E-state index in [0.29, 0.717) is 25.9 Å². The van der Waals surface area contributed by atoms with Gasteiger partial charge in [-0.05, 0) is 27.2 Å². The van der Waals surface area contributed by atoms with Crippen LogP contribution in [0.3, 0.4) is 0 Å². The van der Waals surface area contributed by atoms with Crippen molar-refractivity contribution in [3.05, 3.63) is 25.0 Å². The predicted octanol–water partition coefficient (Wildman–Crippen LogP) is 3.26. The molecular formula is C13H23NO3. The van der Waals surface area contributed by atoms with E-state index in [2.05, 4.69) is 13.2 Å². The largest absolute Gasteiger partial charge is 0.513 e. The van der Waals surface area contributed by atoms with E-state index in [1.165, 1.54) is 0 Å². The Morgan fingerprint density at radius 2 is 2.06 bits per heavy atom. The summed E-state index contributed by atoms with van der Waals surface area (Å²) in [5.41, 5.74) is -0.503. The normalized spacial score (nSPS) is 10.8. The minimum Gasteiger partial charge on any atom is -0.513 e. The predicted molar refractivity (Wildman–Crippen MR) is 69.0 cm³/mol. The molecule has 1 N–H and O–H groups in total. The van der Waals surface area contributed by atoms with Crippen LogP contribution in [0.5, 0.6) is 0 Å². The SMILES string of the molecule is C=CCN(CCCC(=C)O)C(=O)OC(C)(C)C. The van der Waals surface area contributed by atoms with Crippen LogP contribution in [0.15, 0.2) is 25.0 Å². The molecule has 17 heavy (non-hydrogen) atoms. The average Bonchev–Trinajstić information content (AvgIpc) is 2.13. The first-order valence-electron chi connectivity index (χ1n) is 5.72. The lowest BCUT2D eigenvalue weighted by atomic mass is 10.2. The summed E-state index contributed by atoms with van der Waals surface area (Å²) in [7, 11) is 0. The maximum absolute atomic E-state index is 11.8. The monoisotopic (exact) mass is 241 g/mol. The van der Waals surface area contributed by atoms with Gasteiger partial charge in [0, 0.05) is 19.5 Å². The highest BCUT2D eigenvalue weighted by atomic mass is 16.6. The summed E-state index contributed by atoms with van der Waals surface area (Å²) in [4.78, 5) is 13.4. The van der Waals surface area contributed by atoms with Crippen LogP contribution < -0.4 is 0 Å². The van der Waals surface area contributed by atoms with Crippen molar-refractivity contribution < 1.29 is 14.6 Å². The number of amides is 1. The molecule has 0 unspecified atom stereocenters. The fourth-order valence-electron chi connectivity index (χ4n) is 1.21. The minimum absolute atomic E-state index is 0.132. The van der Waals surface area contributed by atoms with Crippen molar-refractivity contribution in [1.82, 2.24) is 4.90 Å². The second-order valence-electron chi connectivity index (χ2n) is 4.88. The van der Waals surface area contributed by atoms with Crippen LogP contribution in [0.1, 0.15) is 33.6 Å². The van der Waals surface area contributed by atoms with Gasteiger partial charge in [0.15, 0.2) is 0 Å². The lowest BCUT2D eigenvalue weighted by molar-refractivity contribution is 0.0269.